The summed E-state index contributed by atoms with van der Waals surface area (Å²) in [6, 6.07) is 2.59. The van der Waals surface area contributed by atoms with Gasteiger partial charge in [-0.05, 0) is 12.2 Å². The van der Waals surface area contributed by atoms with Gasteiger partial charge < -0.3 is 24.3 Å². The Morgan fingerprint density at radius 3 is 2.68 bits per heavy atom. The summed E-state index contributed by atoms with van der Waals surface area (Å²) in [4.78, 5) is 26.5. The lowest BCUT2D eigenvalue weighted by Crippen LogP contribution is -2.59. The Kier molecular flexibility index (Phi) is 8.35. The summed E-state index contributed by atoms with van der Waals surface area (Å²) in [6.45, 7) is 3.93. The van der Waals surface area contributed by atoms with E-state index >= 15 is 0 Å². The van der Waals surface area contributed by atoms with Crippen LogP contribution in [0.3, 0.4) is 0 Å². The van der Waals surface area contributed by atoms with Crippen LogP contribution in [0.15, 0.2) is 12.1 Å². The van der Waals surface area contributed by atoms with Crippen LogP contribution < -0.4 is 14.8 Å². The quantitative estimate of drug-likeness (QED) is 0.319. The number of hydrogen-bond donors (Lipinski definition) is 1. The van der Waals surface area contributed by atoms with Crippen molar-refractivity contribution in [2.45, 2.75) is 12.0 Å². The number of carbonyl (C=O) groups is 1. The molecule has 172 valence electrons. The number of amides is 1. The molecule has 10 nitrogen and oxygen atoms in total. The summed E-state index contributed by atoms with van der Waals surface area (Å²) in [5.74, 6) is 1.88. The molecule has 0 bridgehead atoms. The molecule has 2 heterocycles. The zero-order valence-electron chi connectivity index (χ0n) is 17.9. The van der Waals surface area contributed by atoms with Crippen molar-refractivity contribution >= 4 is 23.4 Å². The third-order valence-corrected chi connectivity index (χ3v) is 6.84. The summed E-state index contributed by atoms with van der Waals surface area (Å²) in [5.41, 5.74) is -0.540. The average molecular weight is 456 g/mol. The number of thioether (sulfide) groups is 1. The molecule has 1 aromatic carbocycles. The molecule has 2 saturated heterocycles. The summed E-state index contributed by atoms with van der Waals surface area (Å²) < 4.78 is 21.2. The minimum absolute atomic E-state index is 0.0521. The fraction of sp³-hybridized carbons (Fsp3) is 0.650. The highest BCUT2D eigenvalue weighted by Crippen LogP contribution is 2.36. The molecule has 0 saturated carbocycles. The van der Waals surface area contributed by atoms with E-state index in [0.29, 0.717) is 26.4 Å². The van der Waals surface area contributed by atoms with Crippen LogP contribution in [0, 0.1) is 10.1 Å². The first-order valence-corrected chi connectivity index (χ1v) is 11.3. The van der Waals surface area contributed by atoms with Crippen LogP contribution in [0.4, 0.5) is 5.69 Å². The largest absolute Gasteiger partial charge is 0.493 e. The van der Waals surface area contributed by atoms with Gasteiger partial charge in [-0.1, -0.05) is 0 Å². The van der Waals surface area contributed by atoms with Crippen molar-refractivity contribution in [1.82, 2.24) is 10.2 Å². The number of hydrogen-bond acceptors (Lipinski definition) is 9. The molecule has 0 spiro atoms. The van der Waals surface area contributed by atoms with E-state index in [9.17, 15) is 14.9 Å². The molecule has 3 rings (SSSR count). The number of nitrogens with one attached hydrogen (secondary N) is 1. The predicted octanol–water partition coefficient (Wildman–Crippen LogP) is 1.57. The van der Waals surface area contributed by atoms with E-state index in [1.165, 1.54) is 26.4 Å². The molecule has 1 N–H and O–H groups in total. The maximum atomic E-state index is 13.0. The Hall–Kier alpha value is -2.08. The van der Waals surface area contributed by atoms with Crippen LogP contribution in [0.5, 0.6) is 11.5 Å². The Morgan fingerprint density at radius 1 is 1.29 bits per heavy atom. The van der Waals surface area contributed by atoms with Gasteiger partial charge in [0.2, 0.25) is 0 Å². The van der Waals surface area contributed by atoms with Gasteiger partial charge in [0.25, 0.3) is 11.6 Å². The monoisotopic (exact) mass is 455 g/mol. The molecule has 1 atom stereocenters. The highest BCUT2D eigenvalue weighted by atomic mass is 32.2. The molecule has 31 heavy (non-hydrogen) atoms. The van der Waals surface area contributed by atoms with Crippen LogP contribution in [0.25, 0.3) is 0 Å². The highest BCUT2D eigenvalue weighted by Gasteiger charge is 2.41. The molecule has 2 aliphatic heterocycles. The normalized spacial score (nSPS) is 21.6. The minimum Gasteiger partial charge on any atom is -0.493 e. The molecule has 0 aliphatic carbocycles. The lowest BCUT2D eigenvalue weighted by atomic mass is 9.95. The standard InChI is InChI=1S/C20H29N3O7S/c1-27-8-9-30-18-12-16(23(25)26)15(11-17(18)28-2)19(24)21-13-20(3-10-31-14-20)22-4-6-29-7-5-22/h11-12H,3-10,13-14H2,1-2H3,(H,21,24). The number of methoxy groups -OCH3 is 2. The van der Waals surface area contributed by atoms with Crippen molar-refractivity contribution in [2.24, 2.45) is 0 Å². The molecular weight excluding hydrogens is 426 g/mol. The number of nitro benzene ring substituents is 1. The van der Waals surface area contributed by atoms with Crippen molar-refractivity contribution in [3.63, 3.8) is 0 Å². The second kappa shape index (κ2) is 11.0. The van der Waals surface area contributed by atoms with Crippen molar-refractivity contribution in [3.8, 4) is 11.5 Å². The number of rotatable bonds is 10. The van der Waals surface area contributed by atoms with E-state index in [0.717, 1.165) is 31.0 Å². The number of nitro groups is 1. The van der Waals surface area contributed by atoms with E-state index < -0.39 is 10.8 Å². The molecule has 2 fully saturated rings. The molecule has 11 heteroatoms. The zero-order chi connectivity index (χ0) is 22.3. The van der Waals surface area contributed by atoms with E-state index in [1.54, 1.807) is 0 Å². The predicted molar refractivity (Wildman–Crippen MR) is 116 cm³/mol. The molecule has 1 aromatic rings. The van der Waals surface area contributed by atoms with E-state index in [1.807, 2.05) is 11.8 Å². The maximum Gasteiger partial charge on any atom is 0.286 e. The van der Waals surface area contributed by atoms with Gasteiger partial charge in [0.1, 0.15) is 12.2 Å². The van der Waals surface area contributed by atoms with Crippen LogP contribution >= 0.6 is 11.8 Å². The second-order valence-electron chi connectivity index (χ2n) is 7.43. The maximum absolute atomic E-state index is 13.0. The lowest BCUT2D eigenvalue weighted by Gasteiger charge is -2.43. The van der Waals surface area contributed by atoms with Gasteiger partial charge in [0.15, 0.2) is 11.5 Å². The number of morpholine rings is 1. The van der Waals surface area contributed by atoms with Gasteiger partial charge >= 0.3 is 0 Å². The fourth-order valence-corrected chi connectivity index (χ4v) is 5.34. The first kappa shape index (κ1) is 23.6. The van der Waals surface area contributed by atoms with Crippen molar-refractivity contribution in [2.75, 3.05) is 71.8 Å². The van der Waals surface area contributed by atoms with Gasteiger partial charge in [-0.3, -0.25) is 19.8 Å². The van der Waals surface area contributed by atoms with E-state index in [4.69, 9.17) is 18.9 Å². The topological polar surface area (TPSA) is 112 Å². The number of benzene rings is 1. The highest BCUT2D eigenvalue weighted by molar-refractivity contribution is 7.99. The number of carbonyl (C=O) groups excluding carboxylic acids is 1. The van der Waals surface area contributed by atoms with Gasteiger partial charge in [-0.2, -0.15) is 11.8 Å². The molecule has 1 unspecified atom stereocenters. The molecule has 0 radical (unpaired) electrons. The summed E-state index contributed by atoms with van der Waals surface area (Å²) >= 11 is 1.86. The first-order chi connectivity index (χ1) is 15.0. The third-order valence-electron chi connectivity index (χ3n) is 5.61. The first-order valence-electron chi connectivity index (χ1n) is 10.2. The van der Waals surface area contributed by atoms with Gasteiger partial charge in [0, 0.05) is 44.1 Å². The number of ether oxygens (including phenoxy) is 4. The van der Waals surface area contributed by atoms with Crippen LogP contribution in [0.2, 0.25) is 0 Å². The molecule has 1 amide bonds. The third kappa shape index (κ3) is 5.59. The Bertz CT molecular complexity index is 780. The molecular formula is C20H29N3O7S. The Labute approximate surface area is 185 Å². The summed E-state index contributed by atoms with van der Waals surface area (Å²) in [7, 11) is 2.96. The van der Waals surface area contributed by atoms with Gasteiger partial charge in [-0.15, -0.1) is 0 Å². The van der Waals surface area contributed by atoms with Gasteiger partial charge in [-0.25, -0.2) is 0 Å². The van der Waals surface area contributed by atoms with Crippen LogP contribution in [-0.4, -0.2) is 93.1 Å². The van der Waals surface area contributed by atoms with Crippen molar-refractivity contribution < 1.29 is 28.7 Å². The fourth-order valence-electron chi connectivity index (χ4n) is 3.86. The van der Waals surface area contributed by atoms with Crippen LogP contribution in [-0.2, 0) is 9.47 Å². The lowest BCUT2D eigenvalue weighted by molar-refractivity contribution is -0.385. The zero-order valence-corrected chi connectivity index (χ0v) is 18.7. The Balaban J connectivity index is 1.78. The molecule has 0 aromatic heterocycles. The smallest absolute Gasteiger partial charge is 0.286 e. The molecule has 2 aliphatic rings. The SMILES string of the molecule is COCCOc1cc([N+](=O)[O-])c(C(=O)NCC2(N3CCOCC3)CCSC2)cc1OC. The Morgan fingerprint density at radius 2 is 2.06 bits per heavy atom. The summed E-state index contributed by atoms with van der Waals surface area (Å²) in [6.07, 6.45) is 0.954. The minimum atomic E-state index is -0.583. The number of nitrogens with zero attached hydrogens (tertiary/aromatic N) is 2. The van der Waals surface area contributed by atoms with Crippen molar-refractivity contribution in [3.05, 3.63) is 27.8 Å². The van der Waals surface area contributed by atoms with Crippen molar-refractivity contribution in [1.29, 1.82) is 0 Å². The van der Waals surface area contributed by atoms with E-state index in [2.05, 4.69) is 10.2 Å². The summed E-state index contributed by atoms with van der Waals surface area (Å²) in [5, 5.41) is 14.6. The average Bonchev–Trinajstić information content (AvgIpc) is 3.28. The van der Waals surface area contributed by atoms with E-state index in [-0.39, 0.29) is 34.9 Å². The second-order valence-corrected chi connectivity index (χ2v) is 8.53. The van der Waals surface area contributed by atoms with Crippen LogP contribution in [0.1, 0.15) is 16.8 Å². The van der Waals surface area contributed by atoms with Gasteiger partial charge in [0.05, 0.1) is 37.9 Å².